The summed E-state index contributed by atoms with van der Waals surface area (Å²) in [4.78, 5) is 37.4. The average molecular weight is 415 g/mol. The van der Waals surface area contributed by atoms with Gasteiger partial charge in [0.15, 0.2) is 11.4 Å². The Morgan fingerprint density at radius 1 is 1.03 bits per heavy atom. The first-order chi connectivity index (χ1) is 14.5. The van der Waals surface area contributed by atoms with E-state index in [0.29, 0.717) is 13.0 Å². The zero-order valence-electron chi connectivity index (χ0n) is 17.3. The van der Waals surface area contributed by atoms with Crippen LogP contribution in [0.3, 0.4) is 0 Å². The first kappa shape index (κ1) is 21.6. The van der Waals surface area contributed by atoms with Gasteiger partial charge >= 0.3 is 11.9 Å². The maximum Gasteiger partial charge on any atom is 0.358 e. The average Bonchev–Trinajstić information content (AvgIpc) is 3.25. The van der Waals surface area contributed by atoms with E-state index in [1.807, 2.05) is 30.3 Å². The molecule has 0 spiro atoms. The topological polar surface area (TPSA) is 93.1 Å². The van der Waals surface area contributed by atoms with E-state index in [4.69, 9.17) is 18.9 Å². The highest BCUT2D eigenvalue weighted by molar-refractivity contribution is 5.94. The number of methoxy groups -OCH3 is 3. The van der Waals surface area contributed by atoms with Crippen LogP contribution in [0, 0.1) is 0 Å². The number of hydrogen-bond donors (Lipinski definition) is 0. The zero-order valence-corrected chi connectivity index (χ0v) is 17.3. The van der Waals surface area contributed by atoms with Gasteiger partial charge in [-0.05, 0) is 24.8 Å². The van der Waals surface area contributed by atoms with E-state index in [-0.39, 0.29) is 29.2 Å². The van der Waals surface area contributed by atoms with E-state index in [1.54, 1.807) is 4.57 Å². The lowest BCUT2D eigenvalue weighted by Crippen LogP contribution is -2.31. The fraction of sp³-hybridized carbons (Fsp3) is 0.409. The molecule has 0 bridgehead atoms. The smallest absolute Gasteiger partial charge is 0.358 e. The second-order valence-corrected chi connectivity index (χ2v) is 6.98. The van der Waals surface area contributed by atoms with Crippen molar-refractivity contribution in [1.82, 2.24) is 4.57 Å². The van der Waals surface area contributed by atoms with Gasteiger partial charge in [-0.15, -0.1) is 0 Å². The Kier molecular flexibility index (Phi) is 6.89. The molecular formula is C22H25NO7. The molecule has 0 aliphatic heterocycles. The van der Waals surface area contributed by atoms with Crippen LogP contribution in [0.5, 0.6) is 5.75 Å². The Bertz CT molecular complexity index is 967. The minimum atomic E-state index is -0.803. The van der Waals surface area contributed by atoms with Crippen molar-refractivity contribution in [3.63, 3.8) is 0 Å². The molecule has 1 fully saturated rings. The minimum absolute atomic E-state index is 0.0436. The van der Waals surface area contributed by atoms with Gasteiger partial charge in [-0.2, -0.15) is 0 Å². The largest absolute Gasteiger partial charge is 0.491 e. The van der Waals surface area contributed by atoms with Crippen LogP contribution in [0.4, 0.5) is 0 Å². The third-order valence-corrected chi connectivity index (χ3v) is 5.26. The van der Waals surface area contributed by atoms with Crippen LogP contribution in [0.2, 0.25) is 0 Å². The van der Waals surface area contributed by atoms with Crippen LogP contribution in [0.25, 0.3) is 0 Å². The summed E-state index contributed by atoms with van der Waals surface area (Å²) in [7, 11) is 3.68. The molecule has 0 N–H and O–H groups in total. The molecule has 1 aliphatic rings. The van der Waals surface area contributed by atoms with Crippen molar-refractivity contribution in [1.29, 1.82) is 0 Å². The molecule has 1 aliphatic carbocycles. The number of benzene rings is 1. The molecule has 1 heterocycles. The molecule has 0 saturated heterocycles. The summed E-state index contributed by atoms with van der Waals surface area (Å²) in [6.07, 6.45) is 3.48. The molecule has 8 heteroatoms. The fourth-order valence-corrected chi connectivity index (χ4v) is 3.81. The Balaban J connectivity index is 2.04. The molecule has 160 valence electrons. The van der Waals surface area contributed by atoms with Crippen LogP contribution in [0.15, 0.2) is 41.3 Å². The third kappa shape index (κ3) is 4.23. The summed E-state index contributed by atoms with van der Waals surface area (Å²) >= 11 is 0. The van der Waals surface area contributed by atoms with Gasteiger partial charge in [0, 0.05) is 6.20 Å². The molecule has 0 unspecified atom stereocenters. The second kappa shape index (κ2) is 9.58. The molecule has 8 nitrogen and oxygen atoms in total. The monoisotopic (exact) mass is 415 g/mol. The third-order valence-electron chi connectivity index (χ3n) is 5.26. The molecule has 3 rings (SSSR count). The van der Waals surface area contributed by atoms with Gasteiger partial charge in [-0.25, -0.2) is 9.59 Å². The number of aromatic nitrogens is 1. The molecular weight excluding hydrogens is 390 g/mol. The Morgan fingerprint density at radius 2 is 1.73 bits per heavy atom. The van der Waals surface area contributed by atoms with E-state index in [0.717, 1.165) is 18.4 Å². The quantitative estimate of drug-likeness (QED) is 0.642. The van der Waals surface area contributed by atoms with Crippen molar-refractivity contribution in [2.24, 2.45) is 0 Å². The number of carbonyl (C=O) groups excluding carboxylic acids is 2. The maximum absolute atomic E-state index is 12.7. The molecule has 1 aromatic heterocycles. The number of carbonyl (C=O) groups is 2. The number of pyridine rings is 1. The van der Waals surface area contributed by atoms with E-state index in [2.05, 4.69) is 0 Å². The highest BCUT2D eigenvalue weighted by Gasteiger charge is 2.35. The predicted molar refractivity (Wildman–Crippen MR) is 108 cm³/mol. The van der Waals surface area contributed by atoms with E-state index in [9.17, 15) is 14.4 Å². The molecule has 2 aromatic rings. The SMILES string of the molecule is COC(=O)c1cn([C@H]2CCC[C@@H]2OCc2ccccc2)c(C(=O)OC)c(OC)c1=O. The van der Waals surface area contributed by atoms with E-state index in [1.165, 1.54) is 27.5 Å². The standard InChI is InChI=1S/C22H25NO7/c1-27-20-18(22(26)29-3)23(12-15(19(20)24)21(25)28-2)16-10-7-11-17(16)30-13-14-8-5-4-6-9-14/h4-6,8-9,12,16-17H,7,10-11,13H2,1-3H3/t16-,17-/m0/s1. The molecule has 0 amide bonds. The number of rotatable bonds is 7. The van der Waals surface area contributed by atoms with Crippen LogP contribution in [-0.4, -0.2) is 43.9 Å². The van der Waals surface area contributed by atoms with Crippen molar-refractivity contribution in [2.45, 2.75) is 38.0 Å². The fourth-order valence-electron chi connectivity index (χ4n) is 3.81. The van der Waals surface area contributed by atoms with Gasteiger partial charge in [0.05, 0.1) is 40.1 Å². The van der Waals surface area contributed by atoms with Crippen molar-refractivity contribution >= 4 is 11.9 Å². The zero-order chi connectivity index (χ0) is 21.7. The second-order valence-electron chi connectivity index (χ2n) is 6.98. The number of esters is 2. The minimum Gasteiger partial charge on any atom is -0.491 e. The van der Waals surface area contributed by atoms with Crippen LogP contribution < -0.4 is 10.2 Å². The lowest BCUT2D eigenvalue weighted by Gasteiger charge is -2.26. The van der Waals surface area contributed by atoms with Crippen molar-refractivity contribution in [3.8, 4) is 5.75 Å². The number of ether oxygens (including phenoxy) is 4. The first-order valence-corrected chi connectivity index (χ1v) is 9.67. The van der Waals surface area contributed by atoms with Crippen molar-refractivity contribution < 1.29 is 28.5 Å². The summed E-state index contributed by atoms with van der Waals surface area (Å²) in [6, 6.07) is 9.49. The Morgan fingerprint density at radius 3 is 2.37 bits per heavy atom. The van der Waals surface area contributed by atoms with Crippen LogP contribution in [-0.2, 0) is 20.8 Å². The van der Waals surface area contributed by atoms with Crippen LogP contribution >= 0.6 is 0 Å². The summed E-state index contributed by atoms with van der Waals surface area (Å²) in [5, 5.41) is 0. The lowest BCUT2D eigenvalue weighted by atomic mass is 10.1. The van der Waals surface area contributed by atoms with Crippen molar-refractivity contribution in [3.05, 3.63) is 63.6 Å². The Labute approximate surface area is 174 Å². The number of nitrogens with zero attached hydrogens (tertiary/aromatic N) is 1. The summed E-state index contributed by atoms with van der Waals surface area (Å²) in [5.41, 5.74) is 0.0541. The summed E-state index contributed by atoms with van der Waals surface area (Å²) in [6.45, 7) is 0.413. The highest BCUT2D eigenvalue weighted by Crippen LogP contribution is 2.35. The first-order valence-electron chi connectivity index (χ1n) is 9.67. The normalized spacial score (nSPS) is 18.1. The molecule has 1 aromatic carbocycles. The van der Waals surface area contributed by atoms with Gasteiger partial charge < -0.3 is 23.5 Å². The highest BCUT2D eigenvalue weighted by atomic mass is 16.5. The summed E-state index contributed by atoms with van der Waals surface area (Å²) in [5.74, 6) is -1.78. The van der Waals surface area contributed by atoms with Crippen molar-refractivity contribution in [2.75, 3.05) is 21.3 Å². The lowest BCUT2D eigenvalue weighted by molar-refractivity contribution is 0.0174. The van der Waals surface area contributed by atoms with E-state index < -0.39 is 17.4 Å². The van der Waals surface area contributed by atoms with Gasteiger partial charge in [-0.1, -0.05) is 30.3 Å². The molecule has 1 saturated carbocycles. The summed E-state index contributed by atoms with van der Waals surface area (Å²) < 4.78 is 22.6. The molecule has 0 radical (unpaired) electrons. The molecule has 30 heavy (non-hydrogen) atoms. The van der Waals surface area contributed by atoms with Gasteiger partial charge in [0.1, 0.15) is 5.56 Å². The number of hydrogen-bond acceptors (Lipinski definition) is 7. The van der Waals surface area contributed by atoms with Crippen LogP contribution in [0.1, 0.15) is 51.7 Å². The Hall–Kier alpha value is -3.13. The molecule has 2 atom stereocenters. The van der Waals surface area contributed by atoms with Gasteiger partial charge in [0.2, 0.25) is 5.43 Å². The van der Waals surface area contributed by atoms with E-state index >= 15 is 0 Å². The predicted octanol–water partition coefficient (Wildman–Crippen LogP) is 2.74. The maximum atomic E-state index is 12.7. The van der Waals surface area contributed by atoms with Gasteiger partial charge in [-0.3, -0.25) is 4.79 Å². The van der Waals surface area contributed by atoms with Gasteiger partial charge in [0.25, 0.3) is 0 Å².